The molecular formula is C27H41NO2. The van der Waals surface area contributed by atoms with Crippen molar-refractivity contribution in [1.82, 2.24) is 0 Å². The van der Waals surface area contributed by atoms with E-state index >= 15 is 0 Å². The van der Waals surface area contributed by atoms with Crippen LogP contribution < -0.4 is 0 Å². The predicted octanol–water partition coefficient (Wildman–Crippen LogP) is 7.60. The zero-order valence-electron chi connectivity index (χ0n) is 19.7. The Balaban J connectivity index is 1.98. The first kappa shape index (κ1) is 24.2. The fraction of sp³-hybridized carbons (Fsp3) is 0.593. The minimum atomic E-state index is 0.336. The van der Waals surface area contributed by atoms with Gasteiger partial charge >= 0.3 is 0 Å². The van der Waals surface area contributed by atoms with Crippen LogP contribution >= 0.6 is 0 Å². The van der Waals surface area contributed by atoms with Gasteiger partial charge in [-0.2, -0.15) is 0 Å². The number of rotatable bonds is 12. The summed E-state index contributed by atoms with van der Waals surface area (Å²) in [6, 6.07) is 3.81. The molecule has 0 heterocycles. The number of benzene rings is 1. The lowest BCUT2D eigenvalue weighted by molar-refractivity contribution is 0.242. The van der Waals surface area contributed by atoms with E-state index in [4.69, 9.17) is 4.74 Å². The number of allylic oxidation sites excluding steroid dienone is 2. The smallest absolute Gasteiger partial charge is 0.169 e. The Kier molecular flexibility index (Phi) is 10.2. The normalized spacial score (nSPS) is 18.4. The summed E-state index contributed by atoms with van der Waals surface area (Å²) >= 11 is 0. The maximum absolute atomic E-state index is 10.2. The number of phenols is 1. The van der Waals surface area contributed by atoms with E-state index in [1.54, 1.807) is 6.40 Å². The van der Waals surface area contributed by atoms with E-state index in [1.807, 2.05) is 12.1 Å². The molecule has 0 fully saturated rings. The van der Waals surface area contributed by atoms with Crippen molar-refractivity contribution in [3.8, 4) is 5.75 Å². The summed E-state index contributed by atoms with van der Waals surface area (Å²) in [5.41, 5.74) is 4.95. The number of phenolic OH excluding ortho intramolecular Hbond substituents is 1. The van der Waals surface area contributed by atoms with Crippen LogP contribution in [0.2, 0.25) is 0 Å². The molecule has 1 aliphatic carbocycles. The highest BCUT2D eigenvalue weighted by Crippen LogP contribution is 2.40. The van der Waals surface area contributed by atoms with Crippen LogP contribution in [0.1, 0.15) is 95.8 Å². The molecule has 1 aromatic rings. The lowest BCUT2D eigenvalue weighted by Crippen LogP contribution is -2.07. The summed E-state index contributed by atoms with van der Waals surface area (Å²) in [5.74, 6) is 2.21. The fourth-order valence-corrected chi connectivity index (χ4v) is 4.13. The molecule has 0 aliphatic heterocycles. The van der Waals surface area contributed by atoms with Gasteiger partial charge in [-0.15, -0.1) is 0 Å². The highest BCUT2D eigenvalue weighted by molar-refractivity contribution is 5.75. The third-order valence-electron chi connectivity index (χ3n) is 6.36. The van der Waals surface area contributed by atoms with Gasteiger partial charge in [-0.3, -0.25) is 4.99 Å². The Morgan fingerprint density at radius 1 is 1.20 bits per heavy atom. The van der Waals surface area contributed by atoms with Crippen molar-refractivity contribution in [2.24, 2.45) is 16.8 Å². The molecule has 3 atom stereocenters. The van der Waals surface area contributed by atoms with Gasteiger partial charge in [0, 0.05) is 0 Å². The van der Waals surface area contributed by atoms with E-state index < -0.39 is 0 Å². The van der Waals surface area contributed by atoms with Gasteiger partial charge in [0.1, 0.15) is 5.75 Å². The van der Waals surface area contributed by atoms with Crippen LogP contribution in [0, 0.1) is 11.8 Å². The lowest BCUT2D eigenvalue weighted by Gasteiger charge is -2.25. The quantitative estimate of drug-likeness (QED) is 0.284. The molecule has 0 saturated heterocycles. The standard InChI is InChI=1S/C27H41NO2/c1-6-20(4)12-13-21(5)18-30-19-28-15-14-22(7-2)26-17-25(29)16-24-11-9-10-23(8-3)27(24)26/h9,11,14,16-17,19-21,23,29H,6-8,10,12-13,15,18H2,1-5H3/b22-14+,28-19+. The van der Waals surface area contributed by atoms with Crippen LogP contribution in [0.3, 0.4) is 0 Å². The van der Waals surface area contributed by atoms with E-state index in [1.165, 1.54) is 36.0 Å². The van der Waals surface area contributed by atoms with Gasteiger partial charge in [-0.05, 0) is 77.8 Å². The maximum atomic E-state index is 10.2. The van der Waals surface area contributed by atoms with Crippen molar-refractivity contribution in [1.29, 1.82) is 0 Å². The number of hydrogen-bond donors (Lipinski definition) is 1. The van der Waals surface area contributed by atoms with E-state index in [0.29, 0.717) is 24.1 Å². The molecule has 0 radical (unpaired) electrons. The Morgan fingerprint density at radius 3 is 2.67 bits per heavy atom. The molecule has 3 heteroatoms. The SMILES string of the molecule is CC/C(=C\C/N=C/OCC(C)CCC(C)CC)c1cc(O)cc2c1C(CC)CC=C2. The van der Waals surface area contributed by atoms with Gasteiger partial charge in [0.05, 0.1) is 13.2 Å². The zero-order chi connectivity index (χ0) is 21.9. The van der Waals surface area contributed by atoms with Crippen LogP contribution in [0.25, 0.3) is 11.6 Å². The first-order chi connectivity index (χ1) is 14.5. The van der Waals surface area contributed by atoms with Crippen molar-refractivity contribution >= 4 is 18.0 Å². The van der Waals surface area contributed by atoms with Crippen molar-refractivity contribution in [3.63, 3.8) is 0 Å². The molecule has 2 rings (SSSR count). The van der Waals surface area contributed by atoms with E-state index in [-0.39, 0.29) is 0 Å². The molecule has 30 heavy (non-hydrogen) atoms. The Labute approximate surface area is 184 Å². The van der Waals surface area contributed by atoms with Crippen molar-refractivity contribution in [2.45, 2.75) is 79.1 Å². The van der Waals surface area contributed by atoms with Crippen LogP contribution in [-0.4, -0.2) is 24.7 Å². The Bertz CT molecular complexity index is 747. The van der Waals surface area contributed by atoms with Gasteiger partial charge in [-0.25, -0.2) is 0 Å². The molecule has 0 aromatic heterocycles. The third-order valence-corrected chi connectivity index (χ3v) is 6.36. The monoisotopic (exact) mass is 411 g/mol. The Morgan fingerprint density at radius 2 is 1.97 bits per heavy atom. The molecule has 0 saturated carbocycles. The van der Waals surface area contributed by atoms with E-state index in [9.17, 15) is 5.11 Å². The molecular weight excluding hydrogens is 370 g/mol. The molecule has 1 N–H and O–H groups in total. The molecule has 0 spiro atoms. The lowest BCUT2D eigenvalue weighted by atomic mass is 9.80. The topological polar surface area (TPSA) is 41.8 Å². The molecule has 0 bridgehead atoms. The summed E-state index contributed by atoms with van der Waals surface area (Å²) in [4.78, 5) is 4.44. The number of ether oxygens (including phenoxy) is 1. The summed E-state index contributed by atoms with van der Waals surface area (Å²) in [7, 11) is 0. The van der Waals surface area contributed by atoms with Gasteiger partial charge in [0.15, 0.2) is 6.40 Å². The number of aliphatic imine (C=N–C) groups is 1. The number of aromatic hydroxyl groups is 1. The number of fused-ring (bicyclic) bond motifs is 1. The number of hydrogen-bond acceptors (Lipinski definition) is 3. The largest absolute Gasteiger partial charge is 0.508 e. The second kappa shape index (κ2) is 12.6. The first-order valence-corrected chi connectivity index (χ1v) is 11.8. The summed E-state index contributed by atoms with van der Waals surface area (Å²) in [6.45, 7) is 12.6. The second-order valence-corrected chi connectivity index (χ2v) is 8.82. The molecule has 3 nitrogen and oxygen atoms in total. The van der Waals surface area contributed by atoms with Gasteiger partial charge in [-0.1, -0.05) is 65.7 Å². The summed E-state index contributed by atoms with van der Waals surface area (Å²) < 4.78 is 5.66. The average Bonchev–Trinajstić information content (AvgIpc) is 2.75. The molecule has 1 aromatic carbocycles. The van der Waals surface area contributed by atoms with Crippen LogP contribution in [0.15, 0.2) is 29.3 Å². The zero-order valence-corrected chi connectivity index (χ0v) is 19.7. The minimum absolute atomic E-state index is 0.336. The Hall–Kier alpha value is -2.03. The van der Waals surface area contributed by atoms with Crippen LogP contribution in [0.4, 0.5) is 0 Å². The molecule has 1 aliphatic rings. The third kappa shape index (κ3) is 7.04. The first-order valence-electron chi connectivity index (χ1n) is 11.8. The summed E-state index contributed by atoms with van der Waals surface area (Å²) in [5, 5.41) is 10.2. The van der Waals surface area contributed by atoms with Gasteiger partial charge in [0.2, 0.25) is 0 Å². The summed E-state index contributed by atoms with van der Waals surface area (Å²) in [6.07, 6.45) is 15.0. The second-order valence-electron chi connectivity index (χ2n) is 8.82. The predicted molar refractivity (Wildman–Crippen MR) is 130 cm³/mol. The van der Waals surface area contributed by atoms with Crippen LogP contribution in [0.5, 0.6) is 5.75 Å². The molecule has 166 valence electrons. The van der Waals surface area contributed by atoms with Crippen molar-refractivity contribution in [2.75, 3.05) is 13.2 Å². The molecule has 0 amide bonds. The van der Waals surface area contributed by atoms with E-state index in [0.717, 1.165) is 37.4 Å². The average molecular weight is 412 g/mol. The highest BCUT2D eigenvalue weighted by Gasteiger charge is 2.21. The van der Waals surface area contributed by atoms with Crippen molar-refractivity contribution < 1.29 is 9.84 Å². The van der Waals surface area contributed by atoms with Gasteiger partial charge in [0.25, 0.3) is 0 Å². The van der Waals surface area contributed by atoms with Crippen LogP contribution in [-0.2, 0) is 4.74 Å². The highest BCUT2D eigenvalue weighted by atomic mass is 16.5. The van der Waals surface area contributed by atoms with Crippen molar-refractivity contribution in [3.05, 3.63) is 41.0 Å². The van der Waals surface area contributed by atoms with Gasteiger partial charge < -0.3 is 9.84 Å². The minimum Gasteiger partial charge on any atom is -0.508 e. The fourth-order valence-electron chi connectivity index (χ4n) is 4.13. The number of nitrogens with zero attached hydrogens (tertiary/aromatic N) is 1. The maximum Gasteiger partial charge on any atom is 0.169 e. The molecule has 3 unspecified atom stereocenters. The van der Waals surface area contributed by atoms with E-state index in [2.05, 4.69) is 57.8 Å².